The van der Waals surface area contributed by atoms with Crippen LogP contribution in [0.15, 0.2) is 54.6 Å². The van der Waals surface area contributed by atoms with Crippen LogP contribution in [0.5, 0.6) is 11.6 Å². The Morgan fingerprint density at radius 3 is 2.54 bits per heavy atom. The number of benzene rings is 2. The van der Waals surface area contributed by atoms with Gasteiger partial charge in [0.1, 0.15) is 17.4 Å². The molecule has 0 unspecified atom stereocenters. The normalized spacial score (nSPS) is 10.2. The first-order chi connectivity index (χ1) is 13.5. The molecule has 0 fully saturated rings. The van der Waals surface area contributed by atoms with Crippen LogP contribution in [-0.2, 0) is 4.74 Å². The van der Waals surface area contributed by atoms with Crippen molar-refractivity contribution in [2.75, 3.05) is 6.61 Å². The minimum Gasteiger partial charge on any atom is -0.462 e. The van der Waals surface area contributed by atoms with E-state index < -0.39 is 5.97 Å². The van der Waals surface area contributed by atoms with Crippen LogP contribution in [0, 0.1) is 11.3 Å². The molecule has 0 saturated heterocycles. The Morgan fingerprint density at radius 2 is 1.89 bits per heavy atom. The van der Waals surface area contributed by atoms with Gasteiger partial charge in [-0.2, -0.15) is 5.26 Å². The molecule has 7 heteroatoms. The maximum Gasteiger partial charge on any atom is 0.340 e. The third-order valence-corrected chi connectivity index (χ3v) is 4.28. The second-order valence-corrected chi connectivity index (χ2v) is 6.46. The highest BCUT2D eigenvalue weighted by molar-refractivity contribution is 6.35. The Hall–Kier alpha value is -3.07. The van der Waals surface area contributed by atoms with E-state index in [0.29, 0.717) is 16.3 Å². The van der Waals surface area contributed by atoms with Crippen LogP contribution >= 0.6 is 23.2 Å². The molecule has 0 radical (unpaired) electrons. The van der Waals surface area contributed by atoms with Crippen LogP contribution in [0.25, 0.3) is 11.3 Å². The predicted molar refractivity (Wildman–Crippen MR) is 107 cm³/mol. The Labute approximate surface area is 172 Å². The molecule has 3 rings (SSSR count). The van der Waals surface area contributed by atoms with Crippen molar-refractivity contribution in [3.8, 4) is 29.0 Å². The third-order valence-electron chi connectivity index (χ3n) is 3.75. The quantitative estimate of drug-likeness (QED) is 0.488. The zero-order valence-corrected chi connectivity index (χ0v) is 16.3. The zero-order valence-electron chi connectivity index (χ0n) is 14.8. The van der Waals surface area contributed by atoms with Crippen molar-refractivity contribution in [3.63, 3.8) is 0 Å². The Kier molecular flexibility index (Phi) is 6.15. The van der Waals surface area contributed by atoms with Crippen molar-refractivity contribution in [2.24, 2.45) is 0 Å². The first kappa shape index (κ1) is 19.7. The molecule has 1 aromatic heterocycles. The summed E-state index contributed by atoms with van der Waals surface area (Å²) in [5, 5.41) is 10.3. The van der Waals surface area contributed by atoms with E-state index in [-0.39, 0.29) is 34.4 Å². The molecular formula is C21H14Cl2N2O3. The lowest BCUT2D eigenvalue weighted by Crippen LogP contribution is -2.09. The van der Waals surface area contributed by atoms with Crippen molar-refractivity contribution < 1.29 is 14.3 Å². The van der Waals surface area contributed by atoms with Gasteiger partial charge in [-0.1, -0.05) is 53.5 Å². The molecule has 3 aromatic rings. The van der Waals surface area contributed by atoms with Crippen molar-refractivity contribution in [2.45, 2.75) is 6.92 Å². The van der Waals surface area contributed by atoms with E-state index >= 15 is 0 Å². The second-order valence-electron chi connectivity index (χ2n) is 5.61. The molecule has 0 aliphatic heterocycles. The molecule has 0 atom stereocenters. The van der Waals surface area contributed by atoms with E-state index in [1.165, 1.54) is 12.1 Å². The van der Waals surface area contributed by atoms with Gasteiger partial charge in [-0.15, -0.1) is 0 Å². The third kappa shape index (κ3) is 4.25. The van der Waals surface area contributed by atoms with Crippen molar-refractivity contribution in [1.82, 2.24) is 4.98 Å². The maximum atomic E-state index is 12.4. The number of ether oxygens (including phenoxy) is 2. The van der Waals surface area contributed by atoms with Gasteiger partial charge in [-0.3, -0.25) is 0 Å². The van der Waals surface area contributed by atoms with Gasteiger partial charge < -0.3 is 9.47 Å². The molecule has 5 nitrogen and oxygen atoms in total. The summed E-state index contributed by atoms with van der Waals surface area (Å²) in [6.07, 6.45) is 0. The van der Waals surface area contributed by atoms with E-state index in [4.69, 9.17) is 32.7 Å². The summed E-state index contributed by atoms with van der Waals surface area (Å²) in [7, 11) is 0. The van der Waals surface area contributed by atoms with Gasteiger partial charge in [0.2, 0.25) is 5.88 Å². The number of carbonyl (C=O) groups is 1. The van der Waals surface area contributed by atoms with E-state index in [2.05, 4.69) is 4.98 Å². The van der Waals surface area contributed by atoms with E-state index in [9.17, 15) is 10.1 Å². The number of rotatable bonds is 5. The fourth-order valence-electron chi connectivity index (χ4n) is 2.50. The van der Waals surface area contributed by atoms with Gasteiger partial charge >= 0.3 is 5.97 Å². The molecule has 2 aromatic carbocycles. The Morgan fingerprint density at radius 1 is 1.14 bits per heavy atom. The fraction of sp³-hybridized carbons (Fsp3) is 0.0952. The number of nitriles is 1. The van der Waals surface area contributed by atoms with Crippen molar-refractivity contribution in [1.29, 1.82) is 5.26 Å². The van der Waals surface area contributed by atoms with E-state index in [1.807, 2.05) is 24.3 Å². The topological polar surface area (TPSA) is 72.2 Å². The van der Waals surface area contributed by atoms with Crippen LogP contribution in [0.1, 0.15) is 22.8 Å². The molecule has 0 aliphatic carbocycles. The minimum absolute atomic E-state index is 0.0265. The molecule has 0 saturated carbocycles. The van der Waals surface area contributed by atoms with Crippen LogP contribution in [0.2, 0.25) is 10.0 Å². The molecule has 0 N–H and O–H groups in total. The molecule has 140 valence electrons. The molecule has 28 heavy (non-hydrogen) atoms. The second kappa shape index (κ2) is 8.75. The number of esters is 1. The van der Waals surface area contributed by atoms with Crippen molar-refractivity contribution >= 4 is 29.2 Å². The van der Waals surface area contributed by atoms with Crippen LogP contribution < -0.4 is 4.74 Å². The number of pyridine rings is 1. The minimum atomic E-state index is -0.568. The highest BCUT2D eigenvalue weighted by Crippen LogP contribution is 2.34. The van der Waals surface area contributed by atoms with Gasteiger partial charge in [-0.05, 0) is 31.2 Å². The summed E-state index contributed by atoms with van der Waals surface area (Å²) in [6.45, 7) is 1.91. The summed E-state index contributed by atoms with van der Waals surface area (Å²) >= 11 is 12.1. The maximum absolute atomic E-state index is 12.4. The largest absolute Gasteiger partial charge is 0.462 e. The lowest BCUT2D eigenvalue weighted by atomic mass is 10.0. The Balaban J connectivity index is 2.15. The van der Waals surface area contributed by atoms with E-state index in [1.54, 1.807) is 31.2 Å². The first-order valence-electron chi connectivity index (χ1n) is 8.34. The summed E-state index contributed by atoms with van der Waals surface area (Å²) in [6, 6.07) is 17.2. The molecule has 0 aliphatic rings. The van der Waals surface area contributed by atoms with Crippen molar-refractivity contribution in [3.05, 3.63) is 75.8 Å². The van der Waals surface area contributed by atoms with Gasteiger partial charge in [0.15, 0.2) is 0 Å². The van der Waals surface area contributed by atoms with Gasteiger partial charge in [0, 0.05) is 10.6 Å². The molecule has 0 spiro atoms. The van der Waals surface area contributed by atoms with Crippen LogP contribution in [0.3, 0.4) is 0 Å². The summed E-state index contributed by atoms with van der Waals surface area (Å²) in [5.74, 6) is -0.252. The van der Waals surface area contributed by atoms with Crippen LogP contribution in [0.4, 0.5) is 0 Å². The number of halogens is 2. The lowest BCUT2D eigenvalue weighted by molar-refractivity contribution is 0.0527. The number of nitrogens with zero attached hydrogens (tertiary/aromatic N) is 2. The molecular weight excluding hydrogens is 399 g/mol. The smallest absolute Gasteiger partial charge is 0.340 e. The standard InChI is InChI=1S/C21H14Cl2N2O3/c1-2-27-21(26)16-10-14(12-24)20(25-19(16)13-6-4-3-5-7-13)28-18-9-8-15(22)11-17(18)23/h3-11H,2H2,1H3. The number of carbonyl (C=O) groups excluding carboxylic acids is 1. The number of aromatic nitrogens is 1. The summed E-state index contributed by atoms with van der Waals surface area (Å²) in [4.78, 5) is 16.9. The molecule has 0 amide bonds. The summed E-state index contributed by atoms with van der Waals surface area (Å²) in [5.41, 5.74) is 1.29. The monoisotopic (exact) mass is 412 g/mol. The van der Waals surface area contributed by atoms with Gasteiger partial charge in [-0.25, -0.2) is 9.78 Å². The average Bonchev–Trinajstić information content (AvgIpc) is 2.70. The van der Waals surface area contributed by atoms with Gasteiger partial charge in [0.05, 0.1) is 22.9 Å². The highest BCUT2D eigenvalue weighted by Gasteiger charge is 2.21. The molecule has 1 heterocycles. The first-order valence-corrected chi connectivity index (χ1v) is 9.09. The van der Waals surface area contributed by atoms with Gasteiger partial charge in [0.25, 0.3) is 0 Å². The molecule has 0 bridgehead atoms. The summed E-state index contributed by atoms with van der Waals surface area (Å²) < 4.78 is 10.9. The van der Waals surface area contributed by atoms with Crippen LogP contribution in [-0.4, -0.2) is 17.6 Å². The highest BCUT2D eigenvalue weighted by atomic mass is 35.5. The number of hydrogen-bond acceptors (Lipinski definition) is 5. The fourth-order valence-corrected chi connectivity index (χ4v) is 2.94. The predicted octanol–water partition coefficient (Wildman–Crippen LogP) is 5.90. The van der Waals surface area contributed by atoms with E-state index in [0.717, 1.165) is 0 Å². The number of hydrogen-bond donors (Lipinski definition) is 0. The average molecular weight is 413 g/mol. The zero-order chi connectivity index (χ0) is 20.1. The lowest BCUT2D eigenvalue weighted by Gasteiger charge is -2.13. The Bertz CT molecular complexity index is 1060. The SMILES string of the molecule is CCOC(=O)c1cc(C#N)c(Oc2ccc(Cl)cc2Cl)nc1-c1ccccc1.